The summed E-state index contributed by atoms with van der Waals surface area (Å²) < 4.78 is 7.17. The SMILES string of the molecule is COC(=O)c1ccccc1-n1c(C)cc([C@H]2[C@H](c3ccccn3)NC(=S)N2c2ccc(Sc3ccc([N+](=O)[O-])cc3)cc2)c1C. The molecule has 9 nitrogen and oxygen atoms in total. The second-order valence-corrected chi connectivity index (χ2v) is 12.0. The number of nitrogens with one attached hydrogen (secondary N) is 1. The minimum absolute atomic E-state index is 0.0615. The Bertz CT molecular complexity index is 1890. The Morgan fingerprint density at radius 3 is 2.29 bits per heavy atom. The number of benzene rings is 3. The van der Waals surface area contributed by atoms with E-state index < -0.39 is 10.9 Å². The number of para-hydroxylation sites is 1. The zero-order valence-corrected chi connectivity index (χ0v) is 26.3. The molecule has 1 fully saturated rings. The highest BCUT2D eigenvalue weighted by Crippen LogP contribution is 2.44. The summed E-state index contributed by atoms with van der Waals surface area (Å²) in [5.41, 5.74) is 6.02. The fourth-order valence-corrected chi connectivity index (χ4v) is 6.97. The fourth-order valence-electron chi connectivity index (χ4n) is 5.80. The van der Waals surface area contributed by atoms with Gasteiger partial charge in [0, 0.05) is 45.2 Å². The molecule has 0 amide bonds. The Morgan fingerprint density at radius 2 is 1.64 bits per heavy atom. The van der Waals surface area contributed by atoms with Crippen LogP contribution in [-0.4, -0.2) is 32.7 Å². The van der Waals surface area contributed by atoms with Crippen LogP contribution in [0.15, 0.2) is 113 Å². The molecule has 1 N–H and O–H groups in total. The number of carbonyl (C=O) groups excluding carboxylic acids is 1. The first-order valence-electron chi connectivity index (χ1n) is 14.2. The molecule has 45 heavy (non-hydrogen) atoms. The molecule has 1 aliphatic heterocycles. The number of aromatic nitrogens is 2. The number of nitrogens with zero attached hydrogens (tertiary/aromatic N) is 4. The number of non-ortho nitro benzene ring substituents is 1. The average Bonchev–Trinajstić information content (AvgIpc) is 3.55. The maximum absolute atomic E-state index is 12.7. The van der Waals surface area contributed by atoms with Crippen molar-refractivity contribution in [2.75, 3.05) is 12.0 Å². The summed E-state index contributed by atoms with van der Waals surface area (Å²) in [4.78, 5) is 32.0. The van der Waals surface area contributed by atoms with Crippen molar-refractivity contribution in [1.82, 2.24) is 14.9 Å². The molecule has 0 aliphatic carbocycles. The van der Waals surface area contributed by atoms with Gasteiger partial charge in [0.2, 0.25) is 0 Å². The number of aryl methyl sites for hydroxylation is 1. The molecule has 0 radical (unpaired) electrons. The Labute approximate surface area is 270 Å². The van der Waals surface area contributed by atoms with E-state index in [9.17, 15) is 14.9 Å². The summed E-state index contributed by atoms with van der Waals surface area (Å²) in [5, 5.41) is 15.1. The van der Waals surface area contributed by atoms with Crippen LogP contribution < -0.4 is 10.2 Å². The average molecular weight is 636 g/mol. The van der Waals surface area contributed by atoms with Crippen molar-refractivity contribution in [2.24, 2.45) is 0 Å². The van der Waals surface area contributed by atoms with Crippen LogP contribution >= 0.6 is 24.0 Å². The number of thiocarbonyl (C=S) groups is 1. The first-order valence-corrected chi connectivity index (χ1v) is 15.4. The van der Waals surface area contributed by atoms with E-state index in [1.807, 2.05) is 67.6 Å². The summed E-state index contributed by atoms with van der Waals surface area (Å²) in [6, 6.07) is 29.5. The highest BCUT2D eigenvalue weighted by atomic mass is 32.2. The summed E-state index contributed by atoms with van der Waals surface area (Å²) in [6.07, 6.45) is 1.78. The third-order valence-corrected chi connectivity index (χ3v) is 9.17. The maximum Gasteiger partial charge on any atom is 0.339 e. The van der Waals surface area contributed by atoms with Crippen LogP contribution in [0.2, 0.25) is 0 Å². The van der Waals surface area contributed by atoms with E-state index in [1.54, 1.807) is 24.4 Å². The molecule has 5 aromatic rings. The zero-order chi connectivity index (χ0) is 31.7. The van der Waals surface area contributed by atoms with Crippen molar-refractivity contribution < 1.29 is 14.5 Å². The van der Waals surface area contributed by atoms with E-state index in [1.165, 1.54) is 31.0 Å². The van der Waals surface area contributed by atoms with Crippen LogP contribution in [0.5, 0.6) is 0 Å². The maximum atomic E-state index is 12.7. The van der Waals surface area contributed by atoms with Crippen LogP contribution in [0, 0.1) is 24.0 Å². The molecule has 1 aliphatic rings. The van der Waals surface area contributed by atoms with Gasteiger partial charge < -0.3 is 19.5 Å². The van der Waals surface area contributed by atoms with E-state index in [0.29, 0.717) is 10.7 Å². The lowest BCUT2D eigenvalue weighted by atomic mass is 9.96. The van der Waals surface area contributed by atoms with Gasteiger partial charge in [-0.2, -0.15) is 0 Å². The van der Waals surface area contributed by atoms with Gasteiger partial charge in [0.15, 0.2) is 5.11 Å². The number of carbonyl (C=O) groups is 1. The van der Waals surface area contributed by atoms with Gasteiger partial charge in [0.05, 0.1) is 41.1 Å². The van der Waals surface area contributed by atoms with Crippen molar-refractivity contribution >= 4 is 46.4 Å². The molecule has 1 saturated heterocycles. The minimum atomic E-state index is -0.403. The number of anilines is 1. The van der Waals surface area contributed by atoms with Gasteiger partial charge in [-0.1, -0.05) is 30.0 Å². The molecule has 0 unspecified atom stereocenters. The lowest BCUT2D eigenvalue weighted by Gasteiger charge is -2.28. The van der Waals surface area contributed by atoms with Crippen molar-refractivity contribution in [2.45, 2.75) is 35.7 Å². The highest BCUT2D eigenvalue weighted by molar-refractivity contribution is 7.99. The minimum Gasteiger partial charge on any atom is -0.465 e. The highest BCUT2D eigenvalue weighted by Gasteiger charge is 2.42. The molecule has 3 aromatic carbocycles. The Hall–Kier alpha value is -5.00. The lowest BCUT2D eigenvalue weighted by molar-refractivity contribution is -0.384. The van der Waals surface area contributed by atoms with Gasteiger partial charge in [0.1, 0.15) is 0 Å². The quantitative estimate of drug-likeness (QED) is 0.0803. The number of pyridine rings is 1. The van der Waals surface area contributed by atoms with Crippen LogP contribution in [0.1, 0.15) is 45.1 Å². The summed E-state index contributed by atoms with van der Waals surface area (Å²) in [5.74, 6) is -0.400. The molecule has 0 spiro atoms. The van der Waals surface area contributed by atoms with Gasteiger partial charge in [0.25, 0.3) is 5.69 Å². The van der Waals surface area contributed by atoms with Gasteiger partial charge in [-0.15, -0.1) is 0 Å². The first-order chi connectivity index (χ1) is 21.8. The van der Waals surface area contributed by atoms with Crippen LogP contribution in [0.4, 0.5) is 11.4 Å². The van der Waals surface area contributed by atoms with E-state index in [0.717, 1.165) is 43.8 Å². The zero-order valence-electron chi connectivity index (χ0n) is 24.7. The number of esters is 1. The molecular formula is C34H29N5O4S2. The molecule has 0 bridgehead atoms. The van der Waals surface area contributed by atoms with E-state index in [2.05, 4.69) is 32.8 Å². The largest absolute Gasteiger partial charge is 0.465 e. The topological polar surface area (TPSA) is 103 Å². The number of rotatable bonds is 8. The van der Waals surface area contributed by atoms with Crippen molar-refractivity contribution in [1.29, 1.82) is 0 Å². The standard InChI is InChI=1S/C34H29N5O4S2/c1-21-20-28(22(2)37(21)30-10-5-4-8-27(30)33(40)43-3)32-31(29-9-6-7-19-35-29)36-34(44)38(32)23-11-15-25(16-12-23)45-26-17-13-24(14-18-26)39(41)42/h4-20,31-32H,1-3H3,(H,36,44)/t31-,32-/m0/s1. The summed E-state index contributed by atoms with van der Waals surface area (Å²) in [7, 11) is 1.39. The predicted molar refractivity (Wildman–Crippen MR) is 178 cm³/mol. The van der Waals surface area contributed by atoms with Crippen LogP contribution in [0.3, 0.4) is 0 Å². The number of hydrogen-bond acceptors (Lipinski definition) is 7. The third-order valence-electron chi connectivity index (χ3n) is 7.84. The molecule has 6 rings (SSSR count). The predicted octanol–water partition coefficient (Wildman–Crippen LogP) is 7.51. The Morgan fingerprint density at radius 1 is 0.978 bits per heavy atom. The van der Waals surface area contributed by atoms with Crippen LogP contribution in [-0.2, 0) is 4.74 Å². The normalized spacial score (nSPS) is 16.0. The van der Waals surface area contributed by atoms with E-state index in [4.69, 9.17) is 17.0 Å². The molecular weight excluding hydrogens is 607 g/mol. The third kappa shape index (κ3) is 5.79. The van der Waals surface area contributed by atoms with E-state index >= 15 is 0 Å². The number of ether oxygens (including phenoxy) is 1. The molecule has 0 saturated carbocycles. The molecule has 3 heterocycles. The Balaban J connectivity index is 1.40. The number of methoxy groups -OCH3 is 1. The number of hydrogen-bond donors (Lipinski definition) is 1. The second-order valence-electron chi connectivity index (χ2n) is 10.5. The monoisotopic (exact) mass is 635 g/mol. The van der Waals surface area contributed by atoms with Gasteiger partial charge >= 0.3 is 5.97 Å². The molecule has 2 atom stereocenters. The smallest absolute Gasteiger partial charge is 0.339 e. The fraction of sp³-hybridized carbons (Fsp3) is 0.147. The molecule has 2 aromatic heterocycles. The first kappa shape index (κ1) is 30.0. The molecule has 11 heteroatoms. The van der Waals surface area contributed by atoms with Crippen molar-refractivity contribution in [3.63, 3.8) is 0 Å². The Kier molecular flexibility index (Phi) is 8.38. The molecule has 226 valence electrons. The van der Waals surface area contributed by atoms with Gasteiger partial charge in [-0.05, 0) is 98.4 Å². The second kappa shape index (κ2) is 12.5. The van der Waals surface area contributed by atoms with Gasteiger partial charge in [-0.3, -0.25) is 15.1 Å². The lowest BCUT2D eigenvalue weighted by Crippen LogP contribution is -2.29. The van der Waals surface area contributed by atoms with Crippen molar-refractivity contribution in [3.8, 4) is 5.69 Å². The number of nitro benzene ring substituents is 1. The summed E-state index contributed by atoms with van der Waals surface area (Å²) in [6.45, 7) is 4.07. The summed E-state index contributed by atoms with van der Waals surface area (Å²) >= 11 is 7.48. The van der Waals surface area contributed by atoms with Gasteiger partial charge in [-0.25, -0.2) is 4.79 Å². The van der Waals surface area contributed by atoms with Crippen molar-refractivity contribution in [3.05, 3.63) is 142 Å². The van der Waals surface area contributed by atoms with Crippen LogP contribution in [0.25, 0.3) is 5.69 Å². The number of nitro groups is 1. The van der Waals surface area contributed by atoms with E-state index in [-0.39, 0.29) is 17.8 Å².